The van der Waals surface area contributed by atoms with Crippen molar-refractivity contribution < 1.29 is 26.7 Å². The molecule has 0 N–H and O–H groups in total. The van der Waals surface area contributed by atoms with Gasteiger partial charge in [-0.1, -0.05) is 238 Å². The highest BCUT2D eigenvalue weighted by Crippen LogP contribution is 2.54. The van der Waals surface area contributed by atoms with Crippen LogP contribution in [-0.4, -0.2) is 16.2 Å². The quantitative estimate of drug-likeness (QED) is 0.144. The molecule has 2 aromatic heterocycles. The van der Waals surface area contributed by atoms with Crippen LogP contribution in [0.25, 0.3) is 72.1 Å². The molecular weight excluding hydrogens is 1080 g/mol. The van der Waals surface area contributed by atoms with Crippen molar-refractivity contribution in [2.45, 2.75) is 156 Å². The number of fused-ring (bicyclic) bond motifs is 5. The van der Waals surface area contributed by atoms with E-state index < -0.39 is 51.9 Å². The van der Waals surface area contributed by atoms with Gasteiger partial charge in [0.05, 0.1) is 50.0 Å². The Hall–Kier alpha value is -8.67. The number of pyridine rings is 1. The smallest absolute Gasteiger partial charge is 0.137 e. The second-order valence-corrected chi connectivity index (χ2v) is 29.6. The minimum Gasteiger partial charge on any atom is -0.457 e. The van der Waals surface area contributed by atoms with Crippen molar-refractivity contribution in [2.24, 2.45) is 0 Å². The highest BCUT2D eigenvalue weighted by atomic mass is 16.5. The zero-order valence-corrected chi connectivity index (χ0v) is 54.2. The minimum absolute atomic E-state index is 0.0212. The van der Waals surface area contributed by atoms with Crippen molar-refractivity contribution in [3.05, 3.63) is 239 Å². The Kier molecular flexibility index (Phi) is 10.4. The normalized spacial score (nSPS) is 17.5. The summed E-state index contributed by atoms with van der Waals surface area (Å²) in [7, 11) is 0. The lowest BCUT2D eigenvalue weighted by atomic mass is 9.63. The van der Waals surface area contributed by atoms with Gasteiger partial charge >= 0.3 is 0 Å². The zero-order valence-electron chi connectivity index (χ0n) is 70.2. The van der Waals surface area contributed by atoms with Crippen LogP contribution in [0.4, 0.5) is 22.7 Å². The maximum Gasteiger partial charge on any atom is 0.137 e. The molecule has 0 saturated carbocycles. The molecule has 0 spiro atoms. The molecule has 1 aliphatic heterocycles. The summed E-state index contributed by atoms with van der Waals surface area (Å²) >= 11 is 0. The van der Waals surface area contributed by atoms with Gasteiger partial charge in [0.25, 0.3) is 0 Å². The second kappa shape index (κ2) is 21.5. The molecule has 5 heteroatoms. The molecule has 9 aromatic carbocycles. The number of nitrogens with zero attached hydrogens (tertiary/aromatic N) is 4. The Morgan fingerprint density at radius 2 is 1.06 bits per heavy atom. The van der Waals surface area contributed by atoms with E-state index in [1.165, 1.54) is 17.3 Å². The van der Waals surface area contributed by atoms with Gasteiger partial charge in [-0.2, -0.15) is 0 Å². The predicted molar refractivity (Wildman–Crippen MR) is 379 cm³/mol. The maximum absolute atomic E-state index is 10.3. The minimum atomic E-state index is -0.821. The molecule has 450 valence electrons. The fraction of sp³-hybridized carbons (Fsp3) is 0.298. The van der Waals surface area contributed by atoms with Crippen LogP contribution >= 0.6 is 0 Å². The van der Waals surface area contributed by atoms with E-state index >= 15 is 0 Å². The van der Waals surface area contributed by atoms with E-state index in [1.807, 2.05) is 117 Å². The molecule has 0 atom stereocenters. The fourth-order valence-corrected chi connectivity index (χ4v) is 12.9. The van der Waals surface area contributed by atoms with Crippen LogP contribution in [-0.2, 0) is 32.5 Å². The van der Waals surface area contributed by atoms with Gasteiger partial charge in [-0.15, -0.1) is 0 Å². The third kappa shape index (κ3) is 10.9. The molecule has 3 heterocycles. The van der Waals surface area contributed by atoms with E-state index in [1.54, 1.807) is 28.8 Å². The number of aromatic nitrogens is 2. The van der Waals surface area contributed by atoms with Crippen molar-refractivity contribution in [3.63, 3.8) is 0 Å². The molecule has 0 bridgehead atoms. The number of hydrogen-bond donors (Lipinski definition) is 0. The first-order chi connectivity index (χ1) is 48.8. The van der Waals surface area contributed by atoms with E-state index in [0.717, 1.165) is 46.6 Å². The van der Waals surface area contributed by atoms with Crippen molar-refractivity contribution in [1.82, 2.24) is 9.55 Å². The number of para-hydroxylation sites is 3. The summed E-state index contributed by atoms with van der Waals surface area (Å²) in [5, 5.41) is 0.727. The summed E-state index contributed by atoms with van der Waals surface area (Å²) < 4.78 is 158. The van der Waals surface area contributed by atoms with Gasteiger partial charge in [0.2, 0.25) is 0 Å². The Balaban J connectivity index is 0.988. The standard InChI is InChI=1S/C84H88N4O/c1-79(2,3)58-38-40-63(70(48-58)81(7,8)9)55-33-35-56(36-34-55)66-46-59(80(4,5)6)47-67(57-37-42-69-72(45-57)84(15,16)44-43-83(69,13)14)78(66)87-53-86(74-31-22-23-32-75(74)87)60-27-24-28-61(49-60)89-62-39-41-65-64-29-20-21-30-73(64)88(76(65)50-62)77-51-71(82(10,11)12)68(52-85-77)54-25-18-17-19-26-54/h17-42,45-52H,43-44,53H2,1-16H3/i17D,18D,19D,20D,21D,25D,26D,29D,30D,33D,34D,35D,36D,38D,40D,48D. The van der Waals surface area contributed by atoms with Gasteiger partial charge in [0.15, 0.2) is 0 Å². The SMILES string of the molecule is [2H]c1c([2H])c([2H])c(-c2cnc(-n3c4cc(Oc5cccc(N6CN(c7c(-c8ccc9c(c8)C(C)(C)CCC9(C)C)cc(C(C)(C)C)cc7-c7c([2H])c([2H])c(-c8c([2H])c([2H])c(C(C)(C)C)c([2H])c8C(C)(C)C)c([2H])c7[2H])c7ccccc76)c5)ccc4c4c([2H])c([2H])c([2H])c([2H])c43)cc2C(C)(C)C)c([2H])c1[2H]. The van der Waals surface area contributed by atoms with Crippen LogP contribution < -0.4 is 14.5 Å². The molecule has 0 fully saturated rings. The van der Waals surface area contributed by atoms with Crippen LogP contribution in [0.3, 0.4) is 0 Å². The highest BCUT2D eigenvalue weighted by molar-refractivity contribution is 6.09. The molecule has 0 amide bonds. The third-order valence-corrected chi connectivity index (χ3v) is 18.0. The topological polar surface area (TPSA) is 33.5 Å². The summed E-state index contributed by atoms with van der Waals surface area (Å²) in [4.78, 5) is 9.23. The molecule has 13 rings (SSSR count). The van der Waals surface area contributed by atoms with E-state index in [0.29, 0.717) is 55.9 Å². The molecular formula is C84H88N4O. The van der Waals surface area contributed by atoms with Crippen molar-refractivity contribution in [3.8, 4) is 61.8 Å². The number of rotatable bonds is 9. The van der Waals surface area contributed by atoms with Gasteiger partial charge < -0.3 is 14.5 Å². The summed E-state index contributed by atoms with van der Waals surface area (Å²) in [6.45, 7) is 32.9. The molecule has 0 radical (unpaired) electrons. The van der Waals surface area contributed by atoms with Gasteiger partial charge in [0, 0.05) is 51.5 Å². The Morgan fingerprint density at radius 3 is 1.73 bits per heavy atom. The predicted octanol–water partition coefficient (Wildman–Crippen LogP) is 23.4. The first-order valence-corrected chi connectivity index (χ1v) is 30.9. The Labute approximate surface area is 552 Å². The average Bonchev–Trinajstić information content (AvgIpc) is 0.982. The van der Waals surface area contributed by atoms with Gasteiger partial charge in [-0.3, -0.25) is 4.57 Å². The number of hydrogen-bond acceptors (Lipinski definition) is 4. The lowest BCUT2D eigenvalue weighted by Crippen LogP contribution is -2.33. The molecule has 0 unspecified atom stereocenters. The molecule has 5 nitrogen and oxygen atoms in total. The fourth-order valence-electron chi connectivity index (χ4n) is 12.9. The van der Waals surface area contributed by atoms with E-state index in [4.69, 9.17) is 19.3 Å². The third-order valence-electron chi connectivity index (χ3n) is 18.0. The van der Waals surface area contributed by atoms with Crippen LogP contribution in [0.15, 0.2) is 206 Å². The first kappa shape index (κ1) is 43.1. The summed E-state index contributed by atoms with van der Waals surface area (Å²) in [5.74, 6) is 1.02. The second-order valence-electron chi connectivity index (χ2n) is 29.6. The highest BCUT2D eigenvalue weighted by Gasteiger charge is 2.39. The van der Waals surface area contributed by atoms with Crippen LogP contribution in [0, 0.1) is 0 Å². The molecule has 11 aromatic rings. The number of ether oxygens (including phenoxy) is 1. The lowest BCUT2D eigenvalue weighted by Gasteiger charge is -2.42. The van der Waals surface area contributed by atoms with E-state index in [2.05, 4.69) is 82.5 Å². The maximum atomic E-state index is 10.3. The monoisotopic (exact) mass is 1180 g/mol. The van der Waals surface area contributed by atoms with E-state index in [-0.39, 0.29) is 123 Å². The average molecular weight is 1190 g/mol. The molecule has 2 aliphatic rings. The van der Waals surface area contributed by atoms with Crippen LogP contribution in [0.1, 0.15) is 179 Å². The first-order valence-electron chi connectivity index (χ1n) is 38.9. The summed E-state index contributed by atoms with van der Waals surface area (Å²) in [5.41, 5.74) is 7.61. The summed E-state index contributed by atoms with van der Waals surface area (Å²) in [6.07, 6.45) is 3.43. The van der Waals surface area contributed by atoms with Crippen molar-refractivity contribution >= 4 is 44.6 Å². The largest absolute Gasteiger partial charge is 0.457 e. The Bertz CT molecular complexity index is 5470. The van der Waals surface area contributed by atoms with Gasteiger partial charge in [-0.25, -0.2) is 4.98 Å². The zero-order chi connectivity index (χ0) is 76.7. The lowest BCUT2D eigenvalue weighted by molar-refractivity contribution is 0.332. The summed E-state index contributed by atoms with van der Waals surface area (Å²) in [6, 6.07) is 28.0. The van der Waals surface area contributed by atoms with Crippen LogP contribution in [0.2, 0.25) is 0 Å². The van der Waals surface area contributed by atoms with Crippen molar-refractivity contribution in [2.75, 3.05) is 16.5 Å². The Morgan fingerprint density at radius 1 is 0.449 bits per heavy atom. The number of anilines is 4. The van der Waals surface area contributed by atoms with Crippen LogP contribution in [0.5, 0.6) is 11.5 Å². The molecule has 89 heavy (non-hydrogen) atoms. The number of benzene rings is 9. The van der Waals surface area contributed by atoms with Crippen molar-refractivity contribution in [1.29, 1.82) is 0 Å². The molecule has 1 aliphatic carbocycles. The van der Waals surface area contributed by atoms with Gasteiger partial charge in [0.1, 0.15) is 24.0 Å². The molecule has 0 saturated heterocycles. The van der Waals surface area contributed by atoms with E-state index in [9.17, 15) is 12.3 Å². The van der Waals surface area contributed by atoms with Gasteiger partial charge in [-0.05, 0) is 167 Å².